The Morgan fingerprint density at radius 2 is 1.94 bits per heavy atom. The van der Waals surface area contributed by atoms with Crippen molar-refractivity contribution >= 4 is 5.95 Å². The zero-order valence-corrected chi connectivity index (χ0v) is 8.71. The third-order valence-corrected chi connectivity index (χ3v) is 2.13. The van der Waals surface area contributed by atoms with Gasteiger partial charge in [-0.1, -0.05) is 18.2 Å². The Hall–Kier alpha value is -2.24. The minimum absolute atomic E-state index is 0.203. The first-order chi connectivity index (χ1) is 7.77. The molecule has 1 aromatic carbocycles. The van der Waals surface area contributed by atoms with Crippen LogP contribution < -0.4 is 16.3 Å². The van der Waals surface area contributed by atoms with Crippen LogP contribution in [0.5, 0.6) is 5.75 Å². The number of nitrogens with zero attached hydrogens (tertiary/aromatic N) is 3. The average Bonchev–Trinajstić information content (AvgIpc) is 2.62. The maximum Gasteiger partial charge on any atom is 0.240 e. The largest absolute Gasteiger partial charge is 0.493 e. The number of rotatable bonds is 4. The zero-order chi connectivity index (χ0) is 11.4. The lowest BCUT2D eigenvalue weighted by Crippen LogP contribution is -2.17. The van der Waals surface area contributed by atoms with Gasteiger partial charge in [-0.2, -0.15) is 0 Å². The molecule has 0 aliphatic heterocycles. The van der Waals surface area contributed by atoms with Gasteiger partial charge in [-0.05, 0) is 12.1 Å². The van der Waals surface area contributed by atoms with E-state index in [1.54, 1.807) is 0 Å². The van der Waals surface area contributed by atoms with Gasteiger partial charge in [0.05, 0.1) is 6.61 Å². The number of anilines is 1. The third-order valence-electron chi connectivity index (χ3n) is 2.13. The summed E-state index contributed by atoms with van der Waals surface area (Å²) >= 11 is 0. The molecule has 0 aliphatic carbocycles. The van der Waals surface area contributed by atoms with E-state index >= 15 is 0 Å². The van der Waals surface area contributed by atoms with Crippen molar-refractivity contribution in [3.05, 3.63) is 36.2 Å². The monoisotopic (exact) mass is 219 g/mol. The van der Waals surface area contributed by atoms with Gasteiger partial charge in [0, 0.05) is 6.42 Å². The Morgan fingerprint density at radius 3 is 2.56 bits per heavy atom. The van der Waals surface area contributed by atoms with Gasteiger partial charge in [-0.3, -0.25) is 0 Å². The van der Waals surface area contributed by atoms with Gasteiger partial charge in [-0.25, -0.2) is 4.68 Å². The molecular formula is C10H13N5O. The first-order valence-electron chi connectivity index (χ1n) is 4.90. The summed E-state index contributed by atoms with van der Waals surface area (Å²) in [6, 6.07) is 9.55. The second-order valence-corrected chi connectivity index (χ2v) is 3.26. The average molecular weight is 219 g/mol. The molecule has 2 rings (SSSR count). The van der Waals surface area contributed by atoms with Gasteiger partial charge in [0.2, 0.25) is 5.95 Å². The molecule has 4 N–H and O–H groups in total. The Bertz CT molecular complexity index is 453. The molecule has 84 valence electrons. The van der Waals surface area contributed by atoms with Crippen LogP contribution in [-0.4, -0.2) is 21.5 Å². The number of aromatic nitrogens is 3. The number of nitrogen functional groups attached to an aromatic ring is 2. The second-order valence-electron chi connectivity index (χ2n) is 3.26. The fourth-order valence-electron chi connectivity index (χ4n) is 1.28. The highest BCUT2D eigenvalue weighted by atomic mass is 16.5. The topological polar surface area (TPSA) is 92.0 Å². The smallest absolute Gasteiger partial charge is 0.240 e. The van der Waals surface area contributed by atoms with Crippen LogP contribution in [0.4, 0.5) is 5.95 Å². The van der Waals surface area contributed by atoms with E-state index < -0.39 is 0 Å². The van der Waals surface area contributed by atoms with Crippen molar-refractivity contribution < 1.29 is 4.74 Å². The lowest BCUT2D eigenvalue weighted by atomic mass is 10.3. The zero-order valence-electron chi connectivity index (χ0n) is 8.71. The summed E-state index contributed by atoms with van der Waals surface area (Å²) in [7, 11) is 0. The molecule has 0 atom stereocenters. The molecule has 1 heterocycles. The predicted molar refractivity (Wildman–Crippen MR) is 60.2 cm³/mol. The molecule has 0 bridgehead atoms. The molecular weight excluding hydrogens is 206 g/mol. The number of hydrogen-bond acceptors (Lipinski definition) is 5. The Morgan fingerprint density at radius 1 is 1.19 bits per heavy atom. The van der Waals surface area contributed by atoms with E-state index in [4.69, 9.17) is 16.3 Å². The normalized spacial score (nSPS) is 10.2. The van der Waals surface area contributed by atoms with Crippen molar-refractivity contribution in [2.75, 3.05) is 18.2 Å². The number of nitrogens with two attached hydrogens (primary N) is 2. The van der Waals surface area contributed by atoms with Crippen LogP contribution in [-0.2, 0) is 6.42 Å². The number of para-hydroxylation sites is 1. The molecule has 0 saturated carbocycles. The van der Waals surface area contributed by atoms with Crippen molar-refractivity contribution in [1.82, 2.24) is 14.9 Å². The molecule has 0 aliphatic rings. The molecule has 0 amide bonds. The van der Waals surface area contributed by atoms with Gasteiger partial charge in [0.15, 0.2) is 5.82 Å². The van der Waals surface area contributed by atoms with Gasteiger partial charge < -0.3 is 16.3 Å². The molecule has 0 spiro atoms. The summed E-state index contributed by atoms with van der Waals surface area (Å²) in [5, 5.41) is 7.48. The quantitative estimate of drug-likeness (QED) is 0.716. The van der Waals surface area contributed by atoms with Crippen LogP contribution in [0.1, 0.15) is 5.82 Å². The highest BCUT2D eigenvalue weighted by Gasteiger charge is 2.05. The highest BCUT2D eigenvalue weighted by molar-refractivity contribution is 5.21. The van der Waals surface area contributed by atoms with Crippen molar-refractivity contribution in [3.63, 3.8) is 0 Å². The van der Waals surface area contributed by atoms with E-state index in [9.17, 15) is 0 Å². The lowest BCUT2D eigenvalue weighted by Gasteiger charge is -2.05. The van der Waals surface area contributed by atoms with E-state index in [0.717, 1.165) is 5.75 Å². The minimum Gasteiger partial charge on any atom is -0.493 e. The summed E-state index contributed by atoms with van der Waals surface area (Å²) in [5.41, 5.74) is 5.45. The first kappa shape index (κ1) is 10.3. The summed E-state index contributed by atoms with van der Waals surface area (Å²) in [5.74, 6) is 7.22. The fraction of sp³-hybridized carbons (Fsp3) is 0.200. The minimum atomic E-state index is 0.203. The third kappa shape index (κ3) is 2.22. The highest BCUT2D eigenvalue weighted by Crippen LogP contribution is 2.08. The summed E-state index contributed by atoms with van der Waals surface area (Å²) < 4.78 is 6.75. The van der Waals surface area contributed by atoms with Gasteiger partial charge >= 0.3 is 0 Å². The molecule has 0 unspecified atom stereocenters. The van der Waals surface area contributed by atoms with Crippen LogP contribution in [0, 0.1) is 0 Å². The summed E-state index contributed by atoms with van der Waals surface area (Å²) in [6.07, 6.45) is 0.565. The number of benzene rings is 1. The summed E-state index contributed by atoms with van der Waals surface area (Å²) in [6.45, 7) is 0.485. The SMILES string of the molecule is Nc1nnc(CCOc2ccccc2)n1N. The predicted octanol–water partition coefficient (Wildman–Crippen LogP) is 0.196. The number of ether oxygens (including phenoxy) is 1. The maximum absolute atomic E-state index is 5.59. The molecule has 0 saturated heterocycles. The van der Waals surface area contributed by atoms with Crippen molar-refractivity contribution in [3.8, 4) is 5.75 Å². The van der Waals surface area contributed by atoms with Gasteiger partial charge in [0.25, 0.3) is 0 Å². The van der Waals surface area contributed by atoms with Gasteiger partial charge in [0.1, 0.15) is 5.75 Å². The molecule has 16 heavy (non-hydrogen) atoms. The first-order valence-corrected chi connectivity index (χ1v) is 4.90. The fourth-order valence-corrected chi connectivity index (χ4v) is 1.28. The van der Waals surface area contributed by atoms with E-state index in [1.165, 1.54) is 4.68 Å². The second kappa shape index (κ2) is 4.52. The molecule has 6 nitrogen and oxygen atoms in total. The van der Waals surface area contributed by atoms with Gasteiger partial charge in [-0.15, -0.1) is 10.2 Å². The van der Waals surface area contributed by atoms with Crippen molar-refractivity contribution in [2.45, 2.75) is 6.42 Å². The summed E-state index contributed by atoms with van der Waals surface area (Å²) in [4.78, 5) is 0. The lowest BCUT2D eigenvalue weighted by molar-refractivity contribution is 0.318. The van der Waals surface area contributed by atoms with E-state index in [0.29, 0.717) is 18.9 Å². The molecule has 6 heteroatoms. The van der Waals surface area contributed by atoms with Crippen LogP contribution in [0.2, 0.25) is 0 Å². The number of hydrogen-bond donors (Lipinski definition) is 2. The molecule has 0 fully saturated rings. The van der Waals surface area contributed by atoms with E-state index in [-0.39, 0.29) is 5.95 Å². The maximum atomic E-state index is 5.59. The Labute approximate surface area is 92.8 Å². The Kier molecular flexibility index (Phi) is 2.90. The Balaban J connectivity index is 1.87. The molecule has 2 aromatic rings. The molecule has 1 aromatic heterocycles. The van der Waals surface area contributed by atoms with Crippen molar-refractivity contribution in [1.29, 1.82) is 0 Å². The van der Waals surface area contributed by atoms with Crippen molar-refractivity contribution in [2.24, 2.45) is 0 Å². The van der Waals surface area contributed by atoms with E-state index in [1.807, 2.05) is 30.3 Å². The molecule has 0 radical (unpaired) electrons. The van der Waals surface area contributed by atoms with Crippen LogP contribution >= 0.6 is 0 Å². The van der Waals surface area contributed by atoms with E-state index in [2.05, 4.69) is 10.2 Å². The van der Waals surface area contributed by atoms with Crippen LogP contribution in [0.3, 0.4) is 0 Å². The van der Waals surface area contributed by atoms with Crippen LogP contribution in [0.25, 0.3) is 0 Å². The standard InChI is InChI=1S/C10H13N5O/c11-10-14-13-9(15(10)12)6-7-16-8-4-2-1-3-5-8/h1-5H,6-7,12H2,(H2,11,14). The van der Waals surface area contributed by atoms with Crippen LogP contribution in [0.15, 0.2) is 30.3 Å².